The number of non-ortho nitro benzene ring substituents is 1. The fourth-order valence-electron chi connectivity index (χ4n) is 2.29. The zero-order chi connectivity index (χ0) is 19.3. The second-order valence-corrected chi connectivity index (χ2v) is 5.54. The summed E-state index contributed by atoms with van der Waals surface area (Å²) in [5.74, 6) is -1.30. The van der Waals surface area contributed by atoms with E-state index in [1.807, 2.05) is 13.0 Å². The molecule has 1 amide bonds. The number of nitro benzene ring substituents is 1. The van der Waals surface area contributed by atoms with E-state index in [2.05, 4.69) is 5.32 Å². The Hall–Kier alpha value is -3.73. The van der Waals surface area contributed by atoms with Gasteiger partial charge in [0.1, 0.15) is 6.07 Å². The van der Waals surface area contributed by atoms with Crippen LogP contribution in [0.3, 0.4) is 0 Å². The average Bonchev–Trinajstić information content (AvgIpc) is 2.59. The summed E-state index contributed by atoms with van der Waals surface area (Å²) in [7, 11) is 0. The molecule has 0 aliphatic rings. The van der Waals surface area contributed by atoms with Crippen LogP contribution in [0.2, 0.25) is 0 Å². The molecule has 2 rings (SSSR count). The lowest BCUT2D eigenvalue weighted by Crippen LogP contribution is -2.21. The Bertz CT molecular complexity index is 931. The van der Waals surface area contributed by atoms with Gasteiger partial charge in [-0.05, 0) is 31.5 Å². The summed E-state index contributed by atoms with van der Waals surface area (Å²) < 4.78 is 4.98. The van der Waals surface area contributed by atoms with Crippen LogP contribution in [0.5, 0.6) is 0 Å². The second-order valence-electron chi connectivity index (χ2n) is 5.54. The molecule has 0 saturated heterocycles. The zero-order valence-electron chi connectivity index (χ0n) is 14.1. The van der Waals surface area contributed by atoms with Crippen LogP contribution in [0.25, 0.3) is 0 Å². The fourth-order valence-corrected chi connectivity index (χ4v) is 2.29. The van der Waals surface area contributed by atoms with Crippen LogP contribution in [0, 0.1) is 35.3 Å². The van der Waals surface area contributed by atoms with E-state index in [-0.39, 0.29) is 16.9 Å². The van der Waals surface area contributed by atoms with Crippen molar-refractivity contribution in [2.45, 2.75) is 13.8 Å². The summed E-state index contributed by atoms with van der Waals surface area (Å²) in [4.78, 5) is 34.1. The number of aryl methyl sites for hydroxylation is 2. The number of hydrogen-bond acceptors (Lipinski definition) is 6. The van der Waals surface area contributed by atoms with Gasteiger partial charge >= 0.3 is 5.97 Å². The molecule has 8 nitrogen and oxygen atoms in total. The highest BCUT2D eigenvalue weighted by Gasteiger charge is 2.15. The minimum Gasteiger partial charge on any atom is -0.452 e. The number of ether oxygens (including phenoxy) is 1. The van der Waals surface area contributed by atoms with Crippen molar-refractivity contribution < 1.29 is 19.2 Å². The van der Waals surface area contributed by atoms with Gasteiger partial charge in [0, 0.05) is 12.1 Å². The van der Waals surface area contributed by atoms with Crippen LogP contribution < -0.4 is 5.32 Å². The number of carbonyl (C=O) groups excluding carboxylic acids is 2. The van der Waals surface area contributed by atoms with Crippen molar-refractivity contribution in [1.82, 2.24) is 0 Å². The third kappa shape index (κ3) is 4.42. The molecular weight excluding hydrogens is 338 g/mol. The number of benzene rings is 2. The number of nitrogens with zero attached hydrogens (tertiary/aromatic N) is 2. The lowest BCUT2D eigenvalue weighted by molar-refractivity contribution is -0.384. The predicted molar refractivity (Wildman–Crippen MR) is 92.6 cm³/mol. The first-order valence-corrected chi connectivity index (χ1v) is 7.54. The van der Waals surface area contributed by atoms with E-state index in [1.165, 1.54) is 6.07 Å². The SMILES string of the molecule is Cc1ccc(C(=O)OCC(=O)Nc2ccc([N+](=O)[O-])cc2C#N)c(C)c1. The van der Waals surface area contributed by atoms with Gasteiger partial charge in [-0.1, -0.05) is 17.7 Å². The van der Waals surface area contributed by atoms with Gasteiger partial charge in [0.15, 0.2) is 6.61 Å². The Morgan fingerprint density at radius 1 is 1.23 bits per heavy atom. The Morgan fingerprint density at radius 3 is 2.58 bits per heavy atom. The molecule has 1 N–H and O–H groups in total. The van der Waals surface area contributed by atoms with Crippen LogP contribution >= 0.6 is 0 Å². The number of amides is 1. The second kappa shape index (κ2) is 7.90. The largest absolute Gasteiger partial charge is 0.452 e. The highest BCUT2D eigenvalue weighted by molar-refractivity contribution is 5.96. The predicted octanol–water partition coefficient (Wildman–Crippen LogP) is 2.88. The number of esters is 1. The molecule has 0 aromatic heterocycles. The van der Waals surface area contributed by atoms with E-state index in [9.17, 15) is 19.7 Å². The lowest BCUT2D eigenvalue weighted by Gasteiger charge is -2.09. The number of rotatable bonds is 5. The molecule has 8 heteroatoms. The molecule has 2 aromatic rings. The molecule has 0 aliphatic carbocycles. The van der Waals surface area contributed by atoms with Gasteiger partial charge in [-0.3, -0.25) is 14.9 Å². The average molecular weight is 353 g/mol. The van der Waals surface area contributed by atoms with Crippen molar-refractivity contribution in [1.29, 1.82) is 5.26 Å². The zero-order valence-corrected chi connectivity index (χ0v) is 14.1. The maximum atomic E-state index is 12.0. The van der Waals surface area contributed by atoms with Crippen LogP contribution in [-0.2, 0) is 9.53 Å². The molecule has 2 aromatic carbocycles. The normalized spacial score (nSPS) is 9.88. The van der Waals surface area contributed by atoms with Crippen LogP contribution in [-0.4, -0.2) is 23.4 Å². The van der Waals surface area contributed by atoms with E-state index in [0.717, 1.165) is 23.3 Å². The maximum absolute atomic E-state index is 12.0. The molecule has 0 saturated carbocycles. The Morgan fingerprint density at radius 2 is 1.96 bits per heavy atom. The first-order valence-electron chi connectivity index (χ1n) is 7.54. The third-order valence-electron chi connectivity index (χ3n) is 3.54. The smallest absolute Gasteiger partial charge is 0.338 e. The van der Waals surface area contributed by atoms with Crippen LogP contribution in [0.15, 0.2) is 36.4 Å². The number of hydrogen-bond donors (Lipinski definition) is 1. The minimum atomic E-state index is -0.659. The number of anilines is 1. The van der Waals surface area contributed by atoms with Crippen molar-refractivity contribution in [2.75, 3.05) is 11.9 Å². The first-order chi connectivity index (χ1) is 12.3. The molecule has 0 unspecified atom stereocenters. The minimum absolute atomic E-state index is 0.0618. The van der Waals surface area contributed by atoms with Gasteiger partial charge in [-0.2, -0.15) is 5.26 Å². The molecule has 0 aliphatic heterocycles. The molecule has 26 heavy (non-hydrogen) atoms. The molecular formula is C18H15N3O5. The van der Waals surface area contributed by atoms with Gasteiger partial charge in [-0.25, -0.2) is 4.79 Å². The Balaban J connectivity index is 2.02. The van der Waals surface area contributed by atoms with E-state index < -0.39 is 23.4 Å². The van der Waals surface area contributed by atoms with Crippen molar-refractivity contribution in [3.63, 3.8) is 0 Å². The molecule has 0 bridgehead atoms. The Labute approximate surface area is 149 Å². The quantitative estimate of drug-likeness (QED) is 0.501. The standard InChI is InChI=1S/C18H15N3O5/c1-11-3-5-15(12(2)7-11)18(23)26-10-17(22)20-16-6-4-14(21(24)25)8-13(16)9-19/h3-8H,10H2,1-2H3,(H,20,22). The molecule has 132 valence electrons. The number of nitrogens with one attached hydrogen (secondary N) is 1. The fraction of sp³-hybridized carbons (Fsp3) is 0.167. The maximum Gasteiger partial charge on any atom is 0.338 e. The van der Waals surface area contributed by atoms with E-state index >= 15 is 0 Å². The highest BCUT2D eigenvalue weighted by atomic mass is 16.6. The van der Waals surface area contributed by atoms with Crippen LogP contribution in [0.1, 0.15) is 27.0 Å². The van der Waals surface area contributed by atoms with Crippen molar-refractivity contribution in [2.24, 2.45) is 0 Å². The molecule has 0 radical (unpaired) electrons. The molecule has 0 spiro atoms. The molecule has 0 atom stereocenters. The lowest BCUT2D eigenvalue weighted by atomic mass is 10.1. The highest BCUT2D eigenvalue weighted by Crippen LogP contribution is 2.21. The molecule has 0 fully saturated rings. The van der Waals surface area contributed by atoms with E-state index in [4.69, 9.17) is 10.00 Å². The van der Waals surface area contributed by atoms with Gasteiger partial charge in [0.05, 0.1) is 21.7 Å². The van der Waals surface area contributed by atoms with Crippen LogP contribution in [0.4, 0.5) is 11.4 Å². The number of nitro groups is 1. The van der Waals surface area contributed by atoms with Gasteiger partial charge in [-0.15, -0.1) is 0 Å². The summed E-state index contributed by atoms with van der Waals surface area (Å²) in [6.45, 7) is 3.11. The summed E-state index contributed by atoms with van der Waals surface area (Å²) in [6, 6.07) is 10.5. The van der Waals surface area contributed by atoms with Crippen molar-refractivity contribution >= 4 is 23.3 Å². The number of nitriles is 1. The summed E-state index contributed by atoms with van der Waals surface area (Å²) in [5, 5.41) is 22.2. The summed E-state index contributed by atoms with van der Waals surface area (Å²) in [6.07, 6.45) is 0. The molecule has 0 heterocycles. The topological polar surface area (TPSA) is 122 Å². The van der Waals surface area contributed by atoms with Crippen molar-refractivity contribution in [3.8, 4) is 6.07 Å². The third-order valence-corrected chi connectivity index (χ3v) is 3.54. The van der Waals surface area contributed by atoms with Gasteiger partial charge < -0.3 is 10.1 Å². The van der Waals surface area contributed by atoms with Crippen molar-refractivity contribution in [3.05, 3.63) is 68.8 Å². The summed E-state index contributed by atoms with van der Waals surface area (Å²) in [5.41, 5.74) is 1.87. The summed E-state index contributed by atoms with van der Waals surface area (Å²) >= 11 is 0. The monoisotopic (exact) mass is 353 g/mol. The first kappa shape index (κ1) is 18.6. The van der Waals surface area contributed by atoms with E-state index in [0.29, 0.717) is 5.56 Å². The number of carbonyl (C=O) groups is 2. The van der Waals surface area contributed by atoms with Gasteiger partial charge in [0.25, 0.3) is 11.6 Å². The Kier molecular flexibility index (Phi) is 5.65. The van der Waals surface area contributed by atoms with Gasteiger partial charge in [0.2, 0.25) is 0 Å². The van der Waals surface area contributed by atoms with E-state index in [1.54, 1.807) is 25.1 Å².